The van der Waals surface area contributed by atoms with Crippen molar-refractivity contribution in [2.24, 2.45) is 0 Å². The number of carbonyl (C=O) groups is 2. The van der Waals surface area contributed by atoms with Gasteiger partial charge in [-0.05, 0) is 17.7 Å². The fourth-order valence-corrected chi connectivity index (χ4v) is 1.05. The molecule has 1 aromatic heterocycles. The van der Waals surface area contributed by atoms with Crippen molar-refractivity contribution in [2.45, 2.75) is 0 Å². The SMILES string of the molecule is COC(=O)C(=Cc1cccnc1)C(=O)OC. The molecule has 16 heavy (non-hydrogen) atoms. The maximum absolute atomic E-state index is 11.3. The molecule has 0 aliphatic rings. The Bertz CT molecular complexity index is 393. The highest BCUT2D eigenvalue weighted by Gasteiger charge is 2.19. The summed E-state index contributed by atoms with van der Waals surface area (Å²) in [4.78, 5) is 26.5. The van der Waals surface area contributed by atoms with Gasteiger partial charge in [-0.2, -0.15) is 0 Å². The van der Waals surface area contributed by atoms with Crippen molar-refractivity contribution in [1.82, 2.24) is 4.98 Å². The van der Waals surface area contributed by atoms with E-state index in [0.717, 1.165) is 0 Å². The standard InChI is InChI=1S/C11H11NO4/c1-15-10(13)9(11(14)16-2)6-8-4-3-5-12-7-8/h3-7H,1-2H3. The van der Waals surface area contributed by atoms with Gasteiger partial charge in [0.2, 0.25) is 0 Å². The maximum Gasteiger partial charge on any atom is 0.345 e. The first kappa shape index (κ1) is 11.9. The molecule has 0 amide bonds. The molecule has 1 rings (SSSR count). The van der Waals surface area contributed by atoms with Gasteiger partial charge in [0.15, 0.2) is 0 Å². The minimum Gasteiger partial charge on any atom is -0.465 e. The fourth-order valence-electron chi connectivity index (χ4n) is 1.05. The molecule has 0 saturated carbocycles. The molecule has 0 fully saturated rings. The summed E-state index contributed by atoms with van der Waals surface area (Å²) in [5.74, 6) is -1.48. The average Bonchev–Trinajstić information content (AvgIpc) is 2.35. The molecular weight excluding hydrogens is 210 g/mol. The molecule has 5 nitrogen and oxygen atoms in total. The molecule has 0 aliphatic heterocycles. The largest absolute Gasteiger partial charge is 0.465 e. The van der Waals surface area contributed by atoms with E-state index in [-0.39, 0.29) is 5.57 Å². The van der Waals surface area contributed by atoms with E-state index in [9.17, 15) is 9.59 Å². The van der Waals surface area contributed by atoms with Crippen molar-refractivity contribution >= 4 is 18.0 Å². The summed E-state index contributed by atoms with van der Waals surface area (Å²) in [7, 11) is 2.39. The molecule has 0 radical (unpaired) electrons. The Balaban J connectivity index is 3.06. The number of ether oxygens (including phenoxy) is 2. The molecule has 0 aromatic carbocycles. The van der Waals surface area contributed by atoms with Gasteiger partial charge >= 0.3 is 11.9 Å². The zero-order chi connectivity index (χ0) is 12.0. The first-order chi connectivity index (χ1) is 7.69. The maximum atomic E-state index is 11.3. The minimum absolute atomic E-state index is 0.169. The molecule has 5 heteroatoms. The monoisotopic (exact) mass is 221 g/mol. The van der Waals surface area contributed by atoms with E-state index >= 15 is 0 Å². The van der Waals surface area contributed by atoms with Crippen LogP contribution in [-0.2, 0) is 19.1 Å². The second kappa shape index (κ2) is 5.65. The lowest BCUT2D eigenvalue weighted by atomic mass is 10.1. The number of rotatable bonds is 3. The number of esters is 2. The van der Waals surface area contributed by atoms with Crippen molar-refractivity contribution in [1.29, 1.82) is 0 Å². The van der Waals surface area contributed by atoms with Crippen molar-refractivity contribution in [3.05, 3.63) is 35.7 Å². The van der Waals surface area contributed by atoms with Gasteiger partial charge in [0.05, 0.1) is 14.2 Å². The zero-order valence-corrected chi connectivity index (χ0v) is 8.97. The number of hydrogen-bond donors (Lipinski definition) is 0. The molecule has 0 saturated heterocycles. The van der Waals surface area contributed by atoms with Crippen LogP contribution in [-0.4, -0.2) is 31.1 Å². The molecule has 0 aliphatic carbocycles. The van der Waals surface area contributed by atoms with Crippen LogP contribution in [0.5, 0.6) is 0 Å². The van der Waals surface area contributed by atoms with Crippen molar-refractivity contribution in [3.63, 3.8) is 0 Å². The molecule has 0 bridgehead atoms. The highest BCUT2D eigenvalue weighted by atomic mass is 16.5. The van der Waals surface area contributed by atoms with E-state index in [4.69, 9.17) is 0 Å². The third-order valence-corrected chi connectivity index (χ3v) is 1.81. The van der Waals surface area contributed by atoms with Crippen LogP contribution in [0.2, 0.25) is 0 Å². The van der Waals surface area contributed by atoms with Gasteiger partial charge in [0.25, 0.3) is 0 Å². The summed E-state index contributed by atoms with van der Waals surface area (Å²) >= 11 is 0. The van der Waals surface area contributed by atoms with E-state index in [1.807, 2.05) is 0 Å². The van der Waals surface area contributed by atoms with Crippen LogP contribution < -0.4 is 0 Å². The van der Waals surface area contributed by atoms with Gasteiger partial charge in [-0.3, -0.25) is 4.98 Å². The second-order valence-electron chi connectivity index (χ2n) is 2.83. The predicted octanol–water partition coefficient (Wildman–Crippen LogP) is 0.811. The van der Waals surface area contributed by atoms with E-state index < -0.39 is 11.9 Å². The van der Waals surface area contributed by atoms with E-state index in [1.54, 1.807) is 18.3 Å². The van der Waals surface area contributed by atoms with Crippen LogP contribution >= 0.6 is 0 Å². The van der Waals surface area contributed by atoms with Gasteiger partial charge in [0, 0.05) is 12.4 Å². The Morgan fingerprint density at radius 3 is 2.31 bits per heavy atom. The van der Waals surface area contributed by atoms with Crippen LogP contribution in [0.15, 0.2) is 30.1 Å². The third kappa shape index (κ3) is 2.91. The highest BCUT2D eigenvalue weighted by Crippen LogP contribution is 2.08. The number of pyridine rings is 1. The van der Waals surface area contributed by atoms with Gasteiger partial charge in [-0.15, -0.1) is 0 Å². The predicted molar refractivity (Wildman–Crippen MR) is 56.2 cm³/mol. The molecular formula is C11H11NO4. The van der Waals surface area contributed by atoms with Crippen LogP contribution in [0.4, 0.5) is 0 Å². The topological polar surface area (TPSA) is 65.5 Å². The molecule has 0 N–H and O–H groups in total. The molecule has 1 heterocycles. The first-order valence-electron chi connectivity index (χ1n) is 4.47. The lowest BCUT2D eigenvalue weighted by molar-refractivity contribution is -0.143. The summed E-state index contributed by atoms with van der Waals surface area (Å²) < 4.78 is 8.96. The lowest BCUT2D eigenvalue weighted by Crippen LogP contribution is -2.15. The number of hydrogen-bond acceptors (Lipinski definition) is 5. The Morgan fingerprint density at radius 2 is 1.88 bits per heavy atom. The number of methoxy groups -OCH3 is 2. The van der Waals surface area contributed by atoms with Crippen LogP contribution in [0.25, 0.3) is 6.08 Å². The summed E-state index contributed by atoms with van der Waals surface area (Å²) in [6.07, 6.45) is 4.48. The summed E-state index contributed by atoms with van der Waals surface area (Å²) in [6, 6.07) is 3.40. The second-order valence-corrected chi connectivity index (χ2v) is 2.83. The van der Waals surface area contributed by atoms with Crippen LogP contribution in [0.3, 0.4) is 0 Å². The summed E-state index contributed by atoms with van der Waals surface area (Å²) in [5, 5.41) is 0. The Hall–Kier alpha value is -2.17. The number of nitrogens with zero attached hydrogens (tertiary/aromatic N) is 1. The van der Waals surface area contributed by atoms with Crippen LogP contribution in [0.1, 0.15) is 5.56 Å². The zero-order valence-electron chi connectivity index (χ0n) is 8.97. The molecule has 0 atom stereocenters. The minimum atomic E-state index is -0.740. The average molecular weight is 221 g/mol. The van der Waals surface area contributed by atoms with Gasteiger partial charge < -0.3 is 9.47 Å². The summed E-state index contributed by atoms with van der Waals surface area (Å²) in [6.45, 7) is 0. The van der Waals surface area contributed by atoms with E-state index in [0.29, 0.717) is 5.56 Å². The quantitative estimate of drug-likeness (QED) is 0.327. The van der Waals surface area contributed by atoms with Crippen LogP contribution in [0, 0.1) is 0 Å². The van der Waals surface area contributed by atoms with E-state index in [1.165, 1.54) is 26.5 Å². The number of aromatic nitrogens is 1. The highest BCUT2D eigenvalue weighted by molar-refractivity contribution is 6.17. The Kier molecular flexibility index (Phi) is 4.20. The smallest absolute Gasteiger partial charge is 0.345 e. The Morgan fingerprint density at radius 1 is 1.25 bits per heavy atom. The first-order valence-corrected chi connectivity index (χ1v) is 4.47. The Labute approximate surface area is 92.7 Å². The molecule has 0 unspecified atom stereocenters. The third-order valence-electron chi connectivity index (χ3n) is 1.81. The lowest BCUT2D eigenvalue weighted by Gasteiger charge is -2.02. The molecule has 0 spiro atoms. The van der Waals surface area contributed by atoms with Gasteiger partial charge in [-0.25, -0.2) is 9.59 Å². The van der Waals surface area contributed by atoms with Gasteiger partial charge in [0.1, 0.15) is 5.57 Å². The van der Waals surface area contributed by atoms with Crippen molar-refractivity contribution in [3.8, 4) is 0 Å². The normalized spacial score (nSPS) is 9.12. The van der Waals surface area contributed by atoms with Crippen molar-refractivity contribution in [2.75, 3.05) is 14.2 Å². The fraction of sp³-hybridized carbons (Fsp3) is 0.182. The van der Waals surface area contributed by atoms with E-state index in [2.05, 4.69) is 14.5 Å². The number of carbonyl (C=O) groups excluding carboxylic acids is 2. The van der Waals surface area contributed by atoms with Gasteiger partial charge in [-0.1, -0.05) is 6.07 Å². The van der Waals surface area contributed by atoms with Crippen molar-refractivity contribution < 1.29 is 19.1 Å². The molecule has 84 valence electrons. The summed E-state index contributed by atoms with van der Waals surface area (Å²) in [5.41, 5.74) is 0.450. The molecule has 1 aromatic rings.